The molecule has 2 aromatic carbocycles. The van der Waals surface area contributed by atoms with Crippen molar-refractivity contribution in [3.8, 4) is 0 Å². The smallest absolute Gasteiger partial charge is 0.237 e. The SMILES string of the molecule is O=C1[C@@H]2[C@@H]3CC[C@@H]([C@@H]4C[C@@H]43)[C@@H]2C(=O)N1c1ccc2ccccc2c1. The molecule has 2 aromatic rings. The van der Waals surface area contributed by atoms with E-state index in [0.29, 0.717) is 11.8 Å². The number of benzene rings is 2. The van der Waals surface area contributed by atoms with E-state index in [1.807, 2.05) is 36.4 Å². The third-order valence-electron chi connectivity index (χ3n) is 7.14. The second-order valence-electron chi connectivity index (χ2n) is 8.06. The van der Waals surface area contributed by atoms with Crippen LogP contribution in [0.1, 0.15) is 19.3 Å². The molecule has 4 saturated carbocycles. The highest BCUT2D eigenvalue weighted by molar-refractivity contribution is 6.23. The van der Waals surface area contributed by atoms with Crippen molar-refractivity contribution in [2.24, 2.45) is 35.5 Å². The summed E-state index contributed by atoms with van der Waals surface area (Å²) in [5.41, 5.74) is 0.756. The highest BCUT2D eigenvalue weighted by atomic mass is 16.2. The lowest BCUT2D eigenvalue weighted by Crippen LogP contribution is -2.43. The molecule has 2 amide bonds. The van der Waals surface area contributed by atoms with E-state index in [0.717, 1.165) is 41.1 Å². The van der Waals surface area contributed by atoms with Gasteiger partial charge in [0.1, 0.15) is 0 Å². The fraction of sp³-hybridized carbons (Fsp3) is 0.429. The Labute approximate surface area is 140 Å². The minimum atomic E-state index is -0.0357. The van der Waals surface area contributed by atoms with Crippen LogP contribution in [0.5, 0.6) is 0 Å². The van der Waals surface area contributed by atoms with Crippen LogP contribution < -0.4 is 4.90 Å². The Bertz CT molecular complexity index is 870. The number of nitrogens with zero attached hydrogens (tertiary/aromatic N) is 1. The second kappa shape index (κ2) is 4.27. The van der Waals surface area contributed by atoms with Crippen LogP contribution in [-0.2, 0) is 9.59 Å². The highest BCUT2D eigenvalue weighted by Crippen LogP contribution is 2.68. The minimum absolute atomic E-state index is 0.0357. The summed E-state index contributed by atoms with van der Waals surface area (Å²) in [7, 11) is 0. The van der Waals surface area contributed by atoms with E-state index in [1.54, 1.807) is 0 Å². The summed E-state index contributed by atoms with van der Waals surface area (Å²) >= 11 is 0. The lowest BCUT2D eigenvalue weighted by molar-refractivity contribution is -0.129. The van der Waals surface area contributed by atoms with Crippen LogP contribution in [-0.4, -0.2) is 11.8 Å². The summed E-state index contributed by atoms with van der Waals surface area (Å²) in [5, 5.41) is 2.22. The van der Waals surface area contributed by atoms with Crippen molar-refractivity contribution in [3.63, 3.8) is 0 Å². The van der Waals surface area contributed by atoms with Crippen LogP contribution in [0, 0.1) is 35.5 Å². The molecule has 1 heterocycles. The highest BCUT2D eigenvalue weighted by Gasteiger charge is 2.68. The van der Waals surface area contributed by atoms with E-state index in [2.05, 4.69) is 6.07 Å². The third kappa shape index (κ3) is 1.49. The number of rotatable bonds is 1. The van der Waals surface area contributed by atoms with Crippen LogP contribution in [0.4, 0.5) is 5.69 Å². The zero-order valence-electron chi connectivity index (χ0n) is 13.4. The first-order valence-electron chi connectivity index (χ1n) is 9.10. The van der Waals surface area contributed by atoms with Gasteiger partial charge < -0.3 is 0 Å². The molecule has 0 N–H and O–H groups in total. The summed E-state index contributed by atoms with van der Waals surface area (Å²) in [4.78, 5) is 27.8. The zero-order chi connectivity index (χ0) is 16.0. The molecule has 3 nitrogen and oxygen atoms in total. The average molecular weight is 317 g/mol. The molecule has 6 atom stereocenters. The Morgan fingerprint density at radius 2 is 1.38 bits per heavy atom. The van der Waals surface area contributed by atoms with Gasteiger partial charge in [-0.1, -0.05) is 30.3 Å². The number of fused-ring (bicyclic) bond motifs is 2. The second-order valence-corrected chi connectivity index (χ2v) is 8.06. The normalized spacial score (nSPS) is 39.2. The minimum Gasteiger partial charge on any atom is -0.274 e. The Kier molecular flexibility index (Phi) is 2.34. The van der Waals surface area contributed by atoms with Crippen molar-refractivity contribution >= 4 is 28.3 Å². The molecule has 0 spiro atoms. The van der Waals surface area contributed by atoms with Crippen LogP contribution in [0.15, 0.2) is 42.5 Å². The maximum atomic E-state index is 13.1. The molecule has 24 heavy (non-hydrogen) atoms. The van der Waals surface area contributed by atoms with Crippen LogP contribution in [0.3, 0.4) is 0 Å². The molecule has 0 radical (unpaired) electrons. The first-order chi connectivity index (χ1) is 11.7. The number of carbonyl (C=O) groups is 2. The van der Waals surface area contributed by atoms with E-state index in [1.165, 1.54) is 11.3 Å². The number of hydrogen-bond acceptors (Lipinski definition) is 2. The predicted octanol–water partition coefficient (Wildman–Crippen LogP) is 3.62. The molecule has 7 rings (SSSR count). The summed E-state index contributed by atoms with van der Waals surface area (Å²) in [6, 6.07) is 14.0. The van der Waals surface area contributed by atoms with Crippen molar-refractivity contribution in [2.45, 2.75) is 19.3 Å². The van der Waals surface area contributed by atoms with Crippen molar-refractivity contribution in [3.05, 3.63) is 42.5 Å². The van der Waals surface area contributed by atoms with Crippen LogP contribution in [0.25, 0.3) is 10.8 Å². The van der Waals surface area contributed by atoms with E-state index in [-0.39, 0.29) is 23.7 Å². The molecular weight excluding hydrogens is 298 g/mol. The summed E-state index contributed by atoms with van der Waals surface area (Å²) < 4.78 is 0. The number of anilines is 1. The summed E-state index contributed by atoms with van der Waals surface area (Å²) in [5.74, 6) is 2.47. The molecule has 3 heteroatoms. The molecule has 2 bridgehead atoms. The van der Waals surface area contributed by atoms with Crippen LogP contribution in [0.2, 0.25) is 0 Å². The summed E-state index contributed by atoms with van der Waals surface area (Å²) in [6.07, 6.45) is 3.56. The van der Waals surface area contributed by atoms with Crippen LogP contribution >= 0.6 is 0 Å². The van der Waals surface area contributed by atoms with E-state index in [4.69, 9.17) is 0 Å². The van der Waals surface area contributed by atoms with Crippen molar-refractivity contribution in [1.82, 2.24) is 0 Å². The topological polar surface area (TPSA) is 37.4 Å². The van der Waals surface area contributed by atoms with Gasteiger partial charge in [-0.3, -0.25) is 14.5 Å². The van der Waals surface area contributed by atoms with Crippen molar-refractivity contribution in [2.75, 3.05) is 4.90 Å². The van der Waals surface area contributed by atoms with Gasteiger partial charge in [0.05, 0.1) is 17.5 Å². The monoisotopic (exact) mass is 317 g/mol. The quantitative estimate of drug-likeness (QED) is 0.753. The number of amides is 2. The Morgan fingerprint density at radius 3 is 2.04 bits per heavy atom. The van der Waals surface area contributed by atoms with Gasteiger partial charge in [-0.05, 0) is 65.8 Å². The van der Waals surface area contributed by atoms with Gasteiger partial charge in [0, 0.05) is 0 Å². The average Bonchev–Trinajstić information content (AvgIpc) is 3.39. The molecule has 5 aliphatic rings. The molecule has 1 aliphatic heterocycles. The standard InChI is InChI=1S/C21H19NO2/c23-20-18-14-7-8-15(17-10-16(14)17)19(18)21(24)22(20)13-6-5-11-3-1-2-4-12(11)9-13/h1-6,9,14-19H,7-8,10H2/t14-,15+,16-,17+,18-,19+. The number of imide groups is 1. The van der Waals surface area contributed by atoms with Gasteiger partial charge in [0.15, 0.2) is 0 Å². The molecule has 1 saturated heterocycles. The largest absolute Gasteiger partial charge is 0.274 e. The fourth-order valence-corrected chi connectivity index (χ4v) is 6.11. The predicted molar refractivity (Wildman–Crippen MR) is 91.2 cm³/mol. The molecular formula is C21H19NO2. The van der Waals surface area contributed by atoms with Crippen molar-refractivity contribution in [1.29, 1.82) is 0 Å². The maximum Gasteiger partial charge on any atom is 0.237 e. The molecule has 120 valence electrons. The lowest BCUT2D eigenvalue weighted by Gasteiger charge is -2.42. The van der Waals surface area contributed by atoms with Gasteiger partial charge in [0.2, 0.25) is 11.8 Å². The number of hydrogen-bond donors (Lipinski definition) is 0. The van der Waals surface area contributed by atoms with E-state index >= 15 is 0 Å². The first kappa shape index (κ1) is 13.2. The van der Waals surface area contributed by atoms with Gasteiger partial charge in [0.25, 0.3) is 0 Å². The van der Waals surface area contributed by atoms with Gasteiger partial charge in [-0.2, -0.15) is 0 Å². The molecule has 4 aliphatic carbocycles. The maximum absolute atomic E-state index is 13.1. The van der Waals surface area contributed by atoms with Gasteiger partial charge in [-0.15, -0.1) is 0 Å². The number of carbonyl (C=O) groups excluding carboxylic acids is 2. The third-order valence-corrected chi connectivity index (χ3v) is 7.14. The Morgan fingerprint density at radius 1 is 0.750 bits per heavy atom. The molecule has 0 unspecified atom stereocenters. The Hall–Kier alpha value is -2.16. The molecule has 0 aromatic heterocycles. The van der Waals surface area contributed by atoms with E-state index in [9.17, 15) is 9.59 Å². The van der Waals surface area contributed by atoms with Crippen molar-refractivity contribution < 1.29 is 9.59 Å². The fourth-order valence-electron chi connectivity index (χ4n) is 6.11. The Balaban J connectivity index is 1.45. The van der Waals surface area contributed by atoms with E-state index < -0.39 is 0 Å². The van der Waals surface area contributed by atoms with Gasteiger partial charge in [-0.25, -0.2) is 0 Å². The summed E-state index contributed by atoms with van der Waals surface area (Å²) in [6.45, 7) is 0. The zero-order valence-corrected chi connectivity index (χ0v) is 13.4. The molecule has 5 fully saturated rings. The van der Waals surface area contributed by atoms with Gasteiger partial charge >= 0.3 is 0 Å². The first-order valence-corrected chi connectivity index (χ1v) is 9.10. The lowest BCUT2D eigenvalue weighted by atomic mass is 9.59.